The molecule has 5 nitrogen and oxygen atoms in total. The number of fused-ring (bicyclic) bond motifs is 1. The maximum atomic E-state index is 13.1. The predicted molar refractivity (Wildman–Crippen MR) is 131 cm³/mol. The first-order valence-corrected chi connectivity index (χ1v) is 12.2. The van der Waals surface area contributed by atoms with Crippen LogP contribution in [0.4, 0.5) is 13.2 Å². The van der Waals surface area contributed by atoms with E-state index in [-0.39, 0.29) is 11.9 Å². The number of carbonyl (C=O) groups excluding carboxylic acids is 1. The minimum atomic E-state index is -4.38. The number of alkyl halides is 3. The summed E-state index contributed by atoms with van der Waals surface area (Å²) < 4.78 is 41.2. The third-order valence-electron chi connectivity index (χ3n) is 5.68. The van der Waals surface area contributed by atoms with Crippen molar-refractivity contribution < 1.29 is 18.0 Å². The monoisotopic (exact) mass is 498 g/mol. The summed E-state index contributed by atoms with van der Waals surface area (Å²) >= 11 is 1.37. The van der Waals surface area contributed by atoms with Crippen molar-refractivity contribution in [2.24, 2.45) is 0 Å². The lowest BCUT2D eigenvalue weighted by molar-refractivity contribution is -0.137. The standard InChI is InChI=1S/C26H25F3N4OS/c1-3-17(2)31-24(34)20-9-7-18(8-10-20)15-33-23-14-30-12-11-22(23)32-25(33)35-16-19-5-4-6-21(13-19)26(27,28)29/h4-14,17H,3,15-16H2,1-2H3,(H,31,34). The molecular formula is C26H25F3N4OS. The van der Waals surface area contributed by atoms with Gasteiger partial charge in [0, 0.05) is 23.6 Å². The number of amides is 1. The molecule has 1 amide bonds. The molecule has 4 aromatic rings. The zero-order valence-electron chi connectivity index (χ0n) is 19.3. The number of benzene rings is 2. The van der Waals surface area contributed by atoms with Crippen molar-refractivity contribution in [3.63, 3.8) is 0 Å². The summed E-state index contributed by atoms with van der Waals surface area (Å²) in [4.78, 5) is 21.3. The molecule has 2 aromatic carbocycles. The lowest BCUT2D eigenvalue weighted by atomic mass is 10.1. The van der Waals surface area contributed by atoms with Crippen LogP contribution in [-0.2, 0) is 18.5 Å². The molecule has 0 aliphatic carbocycles. The van der Waals surface area contributed by atoms with E-state index in [1.807, 2.05) is 36.6 Å². The first-order chi connectivity index (χ1) is 16.7. The fourth-order valence-electron chi connectivity index (χ4n) is 3.55. The third-order valence-corrected chi connectivity index (χ3v) is 6.73. The molecule has 1 atom stereocenters. The van der Waals surface area contributed by atoms with Gasteiger partial charge in [-0.15, -0.1) is 0 Å². The van der Waals surface area contributed by atoms with E-state index in [0.29, 0.717) is 28.6 Å². The normalized spacial score (nSPS) is 12.6. The molecule has 0 saturated carbocycles. The largest absolute Gasteiger partial charge is 0.416 e. The first kappa shape index (κ1) is 24.8. The fraction of sp³-hybridized carbons (Fsp3) is 0.269. The van der Waals surface area contributed by atoms with Crippen molar-refractivity contribution in [1.82, 2.24) is 19.9 Å². The maximum Gasteiger partial charge on any atom is 0.416 e. The second-order valence-corrected chi connectivity index (χ2v) is 9.25. The lowest BCUT2D eigenvalue weighted by Crippen LogP contribution is -2.31. The van der Waals surface area contributed by atoms with Gasteiger partial charge in [0.15, 0.2) is 5.16 Å². The molecule has 0 saturated heterocycles. The van der Waals surface area contributed by atoms with Crippen LogP contribution in [-0.4, -0.2) is 26.5 Å². The maximum absolute atomic E-state index is 13.1. The molecule has 1 unspecified atom stereocenters. The highest BCUT2D eigenvalue weighted by Gasteiger charge is 2.30. The van der Waals surface area contributed by atoms with Gasteiger partial charge < -0.3 is 9.88 Å². The smallest absolute Gasteiger partial charge is 0.350 e. The Kier molecular flexibility index (Phi) is 7.45. The summed E-state index contributed by atoms with van der Waals surface area (Å²) in [5.74, 6) is 0.232. The van der Waals surface area contributed by atoms with Crippen LogP contribution >= 0.6 is 11.8 Å². The number of hydrogen-bond donors (Lipinski definition) is 1. The van der Waals surface area contributed by atoms with Crippen LogP contribution in [0.15, 0.2) is 72.1 Å². The number of carbonyl (C=O) groups is 1. The van der Waals surface area contributed by atoms with E-state index in [1.54, 1.807) is 30.6 Å². The number of nitrogens with zero attached hydrogens (tertiary/aromatic N) is 3. The number of rotatable bonds is 8. The van der Waals surface area contributed by atoms with Crippen LogP contribution in [0.25, 0.3) is 11.0 Å². The summed E-state index contributed by atoms with van der Waals surface area (Å²) in [5, 5.41) is 3.64. The topological polar surface area (TPSA) is 59.8 Å². The van der Waals surface area contributed by atoms with Crippen molar-refractivity contribution >= 4 is 28.7 Å². The van der Waals surface area contributed by atoms with Gasteiger partial charge in [-0.25, -0.2) is 4.98 Å². The van der Waals surface area contributed by atoms with Crippen molar-refractivity contribution in [1.29, 1.82) is 0 Å². The van der Waals surface area contributed by atoms with Crippen LogP contribution in [0.5, 0.6) is 0 Å². The molecule has 0 spiro atoms. The highest BCUT2D eigenvalue weighted by Crippen LogP contribution is 2.32. The molecule has 0 fully saturated rings. The molecule has 0 aliphatic rings. The minimum Gasteiger partial charge on any atom is -0.350 e. The Morgan fingerprint density at radius 2 is 1.89 bits per heavy atom. The van der Waals surface area contributed by atoms with Crippen molar-refractivity contribution in [3.05, 3.63) is 89.2 Å². The predicted octanol–water partition coefficient (Wildman–Crippen LogP) is 6.32. The van der Waals surface area contributed by atoms with Gasteiger partial charge in [0.25, 0.3) is 5.91 Å². The molecule has 2 heterocycles. The van der Waals surface area contributed by atoms with E-state index in [1.165, 1.54) is 23.9 Å². The second-order valence-electron chi connectivity index (χ2n) is 8.31. The van der Waals surface area contributed by atoms with Gasteiger partial charge >= 0.3 is 6.18 Å². The van der Waals surface area contributed by atoms with Crippen LogP contribution in [0, 0.1) is 0 Å². The van der Waals surface area contributed by atoms with E-state index >= 15 is 0 Å². The number of hydrogen-bond acceptors (Lipinski definition) is 4. The minimum absolute atomic E-state index is 0.100. The fourth-order valence-corrected chi connectivity index (χ4v) is 4.51. The molecule has 35 heavy (non-hydrogen) atoms. The average molecular weight is 499 g/mol. The van der Waals surface area contributed by atoms with Gasteiger partial charge in [0.2, 0.25) is 0 Å². The quantitative estimate of drug-likeness (QED) is 0.289. The first-order valence-electron chi connectivity index (χ1n) is 11.2. The number of pyridine rings is 1. The Labute approximate surface area is 205 Å². The molecule has 1 N–H and O–H groups in total. The molecule has 4 rings (SSSR count). The summed E-state index contributed by atoms with van der Waals surface area (Å²) in [5.41, 5.74) is 3.05. The van der Waals surface area contributed by atoms with Gasteiger partial charge in [0.1, 0.15) is 0 Å². The van der Waals surface area contributed by atoms with E-state index in [0.717, 1.165) is 29.1 Å². The highest BCUT2D eigenvalue weighted by molar-refractivity contribution is 7.98. The highest BCUT2D eigenvalue weighted by atomic mass is 32.2. The van der Waals surface area contributed by atoms with Gasteiger partial charge in [-0.05, 0) is 48.7 Å². The van der Waals surface area contributed by atoms with Gasteiger partial charge in [-0.2, -0.15) is 13.2 Å². The Bertz CT molecular complexity index is 1320. The van der Waals surface area contributed by atoms with E-state index in [9.17, 15) is 18.0 Å². The number of imidazole rings is 1. The Morgan fingerprint density at radius 1 is 1.11 bits per heavy atom. The van der Waals surface area contributed by atoms with E-state index in [2.05, 4.69) is 15.3 Å². The van der Waals surface area contributed by atoms with E-state index in [4.69, 9.17) is 0 Å². The Morgan fingerprint density at radius 3 is 2.60 bits per heavy atom. The van der Waals surface area contributed by atoms with Gasteiger partial charge in [-0.3, -0.25) is 9.78 Å². The molecular weight excluding hydrogens is 473 g/mol. The summed E-state index contributed by atoms with van der Waals surface area (Å²) in [7, 11) is 0. The zero-order valence-corrected chi connectivity index (χ0v) is 20.2. The molecule has 0 bridgehead atoms. The number of aromatic nitrogens is 3. The SMILES string of the molecule is CCC(C)NC(=O)c1ccc(Cn2c(SCc3cccc(C(F)(F)F)c3)nc3ccncc32)cc1. The molecule has 0 radical (unpaired) electrons. The van der Waals surface area contributed by atoms with E-state index < -0.39 is 11.7 Å². The molecule has 0 aliphatic heterocycles. The molecule has 9 heteroatoms. The van der Waals surface area contributed by atoms with Gasteiger partial charge in [0.05, 0.1) is 29.3 Å². The Hall–Kier alpha value is -3.33. The van der Waals surface area contributed by atoms with Crippen molar-refractivity contribution in [3.8, 4) is 0 Å². The summed E-state index contributed by atoms with van der Waals surface area (Å²) in [6, 6.07) is 14.6. The summed E-state index contributed by atoms with van der Waals surface area (Å²) in [6.07, 6.45) is -0.139. The average Bonchev–Trinajstić information content (AvgIpc) is 3.20. The van der Waals surface area contributed by atoms with Crippen LogP contribution < -0.4 is 5.32 Å². The van der Waals surface area contributed by atoms with Crippen molar-refractivity contribution in [2.45, 2.75) is 49.9 Å². The summed E-state index contributed by atoms with van der Waals surface area (Å²) in [6.45, 7) is 4.46. The number of halogens is 3. The van der Waals surface area contributed by atoms with Crippen LogP contribution in [0.2, 0.25) is 0 Å². The molecule has 2 aromatic heterocycles. The zero-order chi connectivity index (χ0) is 25.0. The molecule has 182 valence electrons. The van der Waals surface area contributed by atoms with Crippen LogP contribution in [0.3, 0.4) is 0 Å². The van der Waals surface area contributed by atoms with Crippen molar-refractivity contribution in [2.75, 3.05) is 0 Å². The second kappa shape index (κ2) is 10.5. The van der Waals surface area contributed by atoms with Crippen LogP contribution in [0.1, 0.15) is 47.3 Å². The number of thioether (sulfide) groups is 1. The Balaban J connectivity index is 1.55. The lowest BCUT2D eigenvalue weighted by Gasteiger charge is -2.12. The number of nitrogens with one attached hydrogen (secondary N) is 1. The van der Waals surface area contributed by atoms with Gasteiger partial charge in [-0.1, -0.05) is 49.0 Å². The third kappa shape index (κ3) is 6.03.